The zero-order chi connectivity index (χ0) is 19.1. The molecular weight excluding hydrogens is 347 g/mol. The van der Waals surface area contributed by atoms with Crippen molar-refractivity contribution in [1.82, 2.24) is 14.8 Å². The number of rotatable bonds is 7. The predicted octanol–water partition coefficient (Wildman–Crippen LogP) is 2.49. The highest BCUT2D eigenvalue weighted by atomic mass is 19.1. The van der Waals surface area contributed by atoms with Crippen LogP contribution >= 0.6 is 0 Å². The van der Waals surface area contributed by atoms with Gasteiger partial charge in [-0.25, -0.2) is 9.37 Å². The molecule has 1 aliphatic heterocycles. The SMILES string of the molecule is CNc1cc(C(=O)N2CCN(CCCOc3ccc(F)cc3)CC2)ccn1. The van der Waals surface area contributed by atoms with Crippen LogP contribution in [-0.2, 0) is 0 Å². The minimum atomic E-state index is -0.260. The van der Waals surface area contributed by atoms with Gasteiger partial charge in [-0.05, 0) is 42.8 Å². The van der Waals surface area contributed by atoms with Crippen molar-refractivity contribution in [3.8, 4) is 5.75 Å². The van der Waals surface area contributed by atoms with E-state index in [2.05, 4.69) is 15.2 Å². The number of hydrogen-bond donors (Lipinski definition) is 1. The van der Waals surface area contributed by atoms with Gasteiger partial charge in [0.1, 0.15) is 17.4 Å². The van der Waals surface area contributed by atoms with Crippen LogP contribution in [0.4, 0.5) is 10.2 Å². The van der Waals surface area contributed by atoms with Crippen LogP contribution < -0.4 is 10.1 Å². The second-order valence-electron chi connectivity index (χ2n) is 6.47. The summed E-state index contributed by atoms with van der Waals surface area (Å²) in [4.78, 5) is 21.0. The summed E-state index contributed by atoms with van der Waals surface area (Å²) in [6.07, 6.45) is 2.54. The molecule has 1 fully saturated rings. The Morgan fingerprint density at radius 3 is 2.63 bits per heavy atom. The molecule has 1 aliphatic rings. The molecular formula is C20H25FN4O2. The summed E-state index contributed by atoms with van der Waals surface area (Å²) in [5, 5.41) is 2.95. The predicted molar refractivity (Wildman–Crippen MR) is 103 cm³/mol. The van der Waals surface area contributed by atoms with Crippen LogP contribution in [0.5, 0.6) is 5.75 Å². The molecule has 3 rings (SSSR count). The van der Waals surface area contributed by atoms with E-state index in [1.165, 1.54) is 12.1 Å². The first-order valence-corrected chi connectivity index (χ1v) is 9.19. The molecule has 0 aliphatic carbocycles. The standard InChI is InChI=1S/C20H25FN4O2/c1-22-19-15-16(7-8-23-19)20(26)25-12-10-24(11-13-25)9-2-14-27-18-5-3-17(21)4-6-18/h3-8,15H,2,9-14H2,1H3,(H,22,23). The Bertz CT molecular complexity index is 746. The summed E-state index contributed by atoms with van der Waals surface area (Å²) in [5.74, 6) is 1.17. The molecule has 0 radical (unpaired) electrons. The third-order valence-corrected chi connectivity index (χ3v) is 4.62. The van der Waals surface area contributed by atoms with Gasteiger partial charge in [0.2, 0.25) is 0 Å². The fourth-order valence-corrected chi connectivity index (χ4v) is 3.07. The smallest absolute Gasteiger partial charge is 0.254 e. The number of hydrogen-bond acceptors (Lipinski definition) is 5. The molecule has 144 valence electrons. The van der Waals surface area contributed by atoms with Crippen molar-refractivity contribution < 1.29 is 13.9 Å². The fourth-order valence-electron chi connectivity index (χ4n) is 3.07. The number of halogens is 1. The number of nitrogens with one attached hydrogen (secondary N) is 1. The molecule has 0 spiro atoms. The van der Waals surface area contributed by atoms with Crippen molar-refractivity contribution >= 4 is 11.7 Å². The third kappa shape index (κ3) is 5.40. The molecule has 2 heterocycles. The third-order valence-electron chi connectivity index (χ3n) is 4.62. The van der Waals surface area contributed by atoms with E-state index in [4.69, 9.17) is 4.74 Å². The number of piperazine rings is 1. The topological polar surface area (TPSA) is 57.7 Å². The number of benzene rings is 1. The average molecular weight is 372 g/mol. The van der Waals surface area contributed by atoms with E-state index in [-0.39, 0.29) is 11.7 Å². The van der Waals surface area contributed by atoms with Crippen LogP contribution in [-0.4, -0.2) is 67.1 Å². The maximum atomic E-state index is 12.9. The molecule has 1 N–H and O–H groups in total. The quantitative estimate of drug-likeness (QED) is 0.757. The number of pyridine rings is 1. The van der Waals surface area contributed by atoms with Crippen molar-refractivity contribution in [2.45, 2.75) is 6.42 Å². The molecule has 2 aromatic rings. The van der Waals surface area contributed by atoms with Crippen LogP contribution in [0.15, 0.2) is 42.6 Å². The van der Waals surface area contributed by atoms with Gasteiger partial charge in [-0.1, -0.05) is 0 Å². The van der Waals surface area contributed by atoms with E-state index in [9.17, 15) is 9.18 Å². The van der Waals surface area contributed by atoms with Gasteiger partial charge in [0, 0.05) is 51.5 Å². The molecule has 0 atom stereocenters. The van der Waals surface area contributed by atoms with E-state index in [1.54, 1.807) is 37.5 Å². The highest BCUT2D eigenvalue weighted by Gasteiger charge is 2.22. The maximum absolute atomic E-state index is 12.9. The average Bonchev–Trinajstić information content (AvgIpc) is 2.72. The van der Waals surface area contributed by atoms with Crippen LogP contribution in [0.1, 0.15) is 16.8 Å². The number of carbonyl (C=O) groups is 1. The summed E-state index contributed by atoms with van der Waals surface area (Å²) in [5.41, 5.74) is 0.662. The van der Waals surface area contributed by atoms with Crippen molar-refractivity contribution in [3.05, 3.63) is 54.0 Å². The second-order valence-corrected chi connectivity index (χ2v) is 6.47. The number of nitrogens with zero attached hydrogens (tertiary/aromatic N) is 3. The summed E-state index contributed by atoms with van der Waals surface area (Å²) in [6, 6.07) is 9.60. The molecule has 0 unspecified atom stereocenters. The van der Waals surface area contributed by atoms with Gasteiger partial charge in [-0.2, -0.15) is 0 Å². The Morgan fingerprint density at radius 2 is 1.93 bits per heavy atom. The lowest BCUT2D eigenvalue weighted by molar-refractivity contribution is 0.0630. The maximum Gasteiger partial charge on any atom is 0.254 e. The number of carbonyl (C=O) groups excluding carboxylic acids is 1. The number of ether oxygens (including phenoxy) is 1. The number of anilines is 1. The first-order valence-electron chi connectivity index (χ1n) is 9.19. The summed E-state index contributed by atoms with van der Waals surface area (Å²) < 4.78 is 18.5. The van der Waals surface area contributed by atoms with E-state index in [0.717, 1.165) is 39.1 Å². The normalized spacial score (nSPS) is 14.8. The van der Waals surface area contributed by atoms with Crippen LogP contribution in [0.2, 0.25) is 0 Å². The zero-order valence-corrected chi connectivity index (χ0v) is 15.5. The molecule has 27 heavy (non-hydrogen) atoms. The molecule has 6 nitrogen and oxygen atoms in total. The largest absolute Gasteiger partial charge is 0.494 e. The van der Waals surface area contributed by atoms with E-state index in [0.29, 0.717) is 23.7 Å². The molecule has 7 heteroatoms. The second kappa shape index (κ2) is 9.32. The van der Waals surface area contributed by atoms with Crippen LogP contribution in [0.25, 0.3) is 0 Å². The van der Waals surface area contributed by atoms with E-state index >= 15 is 0 Å². The summed E-state index contributed by atoms with van der Waals surface area (Å²) in [7, 11) is 1.79. The Labute approximate surface area is 158 Å². The van der Waals surface area contributed by atoms with Gasteiger partial charge in [0.25, 0.3) is 5.91 Å². The van der Waals surface area contributed by atoms with E-state index < -0.39 is 0 Å². The van der Waals surface area contributed by atoms with Gasteiger partial charge < -0.3 is 15.0 Å². The summed E-state index contributed by atoms with van der Waals surface area (Å²) in [6.45, 7) is 4.65. The van der Waals surface area contributed by atoms with Gasteiger partial charge in [0.15, 0.2) is 0 Å². The Balaban J connectivity index is 1.38. The first-order chi connectivity index (χ1) is 13.2. The van der Waals surface area contributed by atoms with Gasteiger partial charge in [-0.15, -0.1) is 0 Å². The molecule has 1 amide bonds. The lowest BCUT2D eigenvalue weighted by Crippen LogP contribution is -2.49. The van der Waals surface area contributed by atoms with Crippen LogP contribution in [0.3, 0.4) is 0 Å². The van der Waals surface area contributed by atoms with E-state index in [1.807, 2.05) is 4.90 Å². The number of aromatic nitrogens is 1. The van der Waals surface area contributed by atoms with Crippen molar-refractivity contribution in [2.75, 3.05) is 51.7 Å². The molecule has 0 saturated carbocycles. The van der Waals surface area contributed by atoms with Crippen molar-refractivity contribution in [3.63, 3.8) is 0 Å². The minimum Gasteiger partial charge on any atom is -0.494 e. The lowest BCUT2D eigenvalue weighted by atomic mass is 10.2. The minimum absolute atomic E-state index is 0.0493. The van der Waals surface area contributed by atoms with Crippen molar-refractivity contribution in [1.29, 1.82) is 0 Å². The molecule has 1 aromatic heterocycles. The summed E-state index contributed by atoms with van der Waals surface area (Å²) >= 11 is 0. The fraction of sp³-hybridized carbons (Fsp3) is 0.400. The van der Waals surface area contributed by atoms with Gasteiger partial charge >= 0.3 is 0 Å². The Morgan fingerprint density at radius 1 is 1.19 bits per heavy atom. The first kappa shape index (κ1) is 19.1. The lowest BCUT2D eigenvalue weighted by Gasteiger charge is -2.34. The van der Waals surface area contributed by atoms with Crippen molar-refractivity contribution in [2.24, 2.45) is 0 Å². The zero-order valence-electron chi connectivity index (χ0n) is 15.5. The number of amides is 1. The van der Waals surface area contributed by atoms with Crippen LogP contribution in [0, 0.1) is 5.82 Å². The highest BCUT2D eigenvalue weighted by molar-refractivity contribution is 5.94. The molecule has 1 saturated heterocycles. The van der Waals surface area contributed by atoms with Gasteiger partial charge in [-0.3, -0.25) is 9.69 Å². The highest BCUT2D eigenvalue weighted by Crippen LogP contribution is 2.13. The molecule has 0 bridgehead atoms. The molecule has 1 aromatic carbocycles. The Kier molecular flexibility index (Phi) is 6.59. The Hall–Kier alpha value is -2.67. The van der Waals surface area contributed by atoms with Gasteiger partial charge in [0.05, 0.1) is 6.61 Å². The monoisotopic (exact) mass is 372 g/mol.